The van der Waals surface area contributed by atoms with Crippen LogP contribution >= 0.6 is 0 Å². The zero-order valence-corrected chi connectivity index (χ0v) is 22.3. The SMILES string of the molecule is CC(CC[C@H]1Cc2ccc(F)cc2N(C2CCNCC2)C1=O)CC(=O)C1=NC2CCNC(C3CC3)=CC2=C1. The Kier molecular flexibility index (Phi) is 7.21. The number of nitrogens with zero attached hydrogens (tertiary/aromatic N) is 2. The van der Waals surface area contributed by atoms with Crippen molar-refractivity contribution in [3.05, 3.63) is 53.0 Å². The second-order valence-corrected chi connectivity index (χ2v) is 11.9. The summed E-state index contributed by atoms with van der Waals surface area (Å²) in [5.74, 6) is 0.634. The van der Waals surface area contributed by atoms with Gasteiger partial charge in [-0.2, -0.15) is 0 Å². The molecule has 3 atom stereocenters. The molecule has 2 fully saturated rings. The molecule has 1 aliphatic carbocycles. The highest BCUT2D eigenvalue weighted by molar-refractivity contribution is 6.45. The number of hydrogen-bond donors (Lipinski definition) is 2. The Morgan fingerprint density at radius 2 is 1.95 bits per heavy atom. The summed E-state index contributed by atoms with van der Waals surface area (Å²) in [7, 11) is 0. The molecule has 4 aliphatic heterocycles. The Labute approximate surface area is 224 Å². The highest BCUT2D eigenvalue weighted by Crippen LogP contribution is 2.38. The monoisotopic (exact) mass is 518 g/mol. The van der Waals surface area contributed by atoms with Gasteiger partial charge in [0.1, 0.15) is 11.5 Å². The number of carbonyl (C=O) groups is 2. The minimum atomic E-state index is -0.295. The van der Waals surface area contributed by atoms with Crippen molar-refractivity contribution in [2.45, 2.75) is 76.8 Å². The molecule has 1 saturated heterocycles. The first kappa shape index (κ1) is 25.5. The Bertz CT molecular complexity index is 1190. The van der Waals surface area contributed by atoms with Crippen LogP contribution in [0.1, 0.15) is 63.9 Å². The van der Waals surface area contributed by atoms with Crippen molar-refractivity contribution in [2.75, 3.05) is 24.5 Å². The van der Waals surface area contributed by atoms with Crippen molar-refractivity contribution in [3.63, 3.8) is 0 Å². The average molecular weight is 519 g/mol. The van der Waals surface area contributed by atoms with Crippen molar-refractivity contribution in [1.82, 2.24) is 10.6 Å². The first-order chi connectivity index (χ1) is 18.5. The first-order valence-corrected chi connectivity index (χ1v) is 14.6. The van der Waals surface area contributed by atoms with E-state index in [1.165, 1.54) is 36.2 Å². The summed E-state index contributed by atoms with van der Waals surface area (Å²) < 4.78 is 14.1. The molecule has 6 nitrogen and oxygen atoms in total. The number of anilines is 1. The smallest absolute Gasteiger partial charge is 0.230 e. The summed E-state index contributed by atoms with van der Waals surface area (Å²) in [5, 5.41) is 6.91. The largest absolute Gasteiger partial charge is 0.388 e. The predicted octanol–water partition coefficient (Wildman–Crippen LogP) is 4.50. The van der Waals surface area contributed by atoms with Gasteiger partial charge in [0, 0.05) is 30.6 Å². The van der Waals surface area contributed by atoms with Gasteiger partial charge in [-0.1, -0.05) is 13.0 Å². The van der Waals surface area contributed by atoms with Crippen LogP contribution in [0, 0.1) is 23.6 Å². The van der Waals surface area contributed by atoms with Gasteiger partial charge in [0.15, 0.2) is 5.78 Å². The van der Waals surface area contributed by atoms with Crippen LogP contribution < -0.4 is 15.5 Å². The highest BCUT2D eigenvalue weighted by Gasteiger charge is 2.37. The Morgan fingerprint density at radius 1 is 1.13 bits per heavy atom. The van der Waals surface area contributed by atoms with Gasteiger partial charge in [-0.05, 0) is 112 Å². The fourth-order valence-electron chi connectivity index (χ4n) is 6.57. The van der Waals surface area contributed by atoms with Gasteiger partial charge in [0.25, 0.3) is 0 Å². The molecule has 202 valence electrons. The molecule has 7 heteroatoms. The highest BCUT2D eigenvalue weighted by atomic mass is 19.1. The van der Waals surface area contributed by atoms with Crippen LogP contribution in [0.4, 0.5) is 10.1 Å². The van der Waals surface area contributed by atoms with Crippen molar-refractivity contribution < 1.29 is 14.0 Å². The number of ketones is 1. The zero-order valence-electron chi connectivity index (χ0n) is 22.3. The Hall–Kier alpha value is -2.80. The molecule has 0 aromatic heterocycles. The minimum Gasteiger partial charge on any atom is -0.388 e. The summed E-state index contributed by atoms with van der Waals surface area (Å²) >= 11 is 0. The quantitative estimate of drug-likeness (QED) is 0.532. The summed E-state index contributed by atoms with van der Waals surface area (Å²) in [6.45, 7) is 4.76. The second kappa shape index (κ2) is 10.8. The van der Waals surface area contributed by atoms with Gasteiger partial charge in [0.05, 0.1) is 11.7 Å². The molecule has 1 aromatic carbocycles. The third-order valence-electron chi connectivity index (χ3n) is 8.93. The molecule has 0 bridgehead atoms. The van der Waals surface area contributed by atoms with Crippen molar-refractivity contribution in [1.29, 1.82) is 0 Å². The lowest BCUT2D eigenvalue weighted by molar-refractivity contribution is -0.123. The van der Waals surface area contributed by atoms with Crippen LogP contribution in [0.25, 0.3) is 0 Å². The van der Waals surface area contributed by atoms with Gasteiger partial charge in [-0.15, -0.1) is 0 Å². The second-order valence-electron chi connectivity index (χ2n) is 11.9. The maximum Gasteiger partial charge on any atom is 0.230 e. The number of halogens is 1. The van der Waals surface area contributed by atoms with E-state index in [2.05, 4.69) is 23.6 Å². The predicted molar refractivity (Wildman–Crippen MR) is 148 cm³/mol. The number of fused-ring (bicyclic) bond motifs is 2. The maximum absolute atomic E-state index is 14.1. The van der Waals surface area contributed by atoms with Crippen LogP contribution in [0.3, 0.4) is 0 Å². The van der Waals surface area contributed by atoms with E-state index in [0.717, 1.165) is 63.0 Å². The van der Waals surface area contributed by atoms with Gasteiger partial charge < -0.3 is 15.5 Å². The van der Waals surface area contributed by atoms with Crippen LogP contribution in [0.2, 0.25) is 0 Å². The lowest BCUT2D eigenvalue weighted by Crippen LogP contribution is -2.51. The fraction of sp³-hybridized carbons (Fsp3) is 0.581. The molecular formula is C31H39FN4O2. The summed E-state index contributed by atoms with van der Waals surface area (Å²) in [4.78, 5) is 33.5. The number of nitrogens with one attached hydrogen (secondary N) is 2. The van der Waals surface area contributed by atoms with E-state index in [0.29, 0.717) is 24.5 Å². The maximum atomic E-state index is 14.1. The van der Waals surface area contributed by atoms with Gasteiger partial charge >= 0.3 is 0 Å². The molecule has 0 spiro atoms. The normalized spacial score (nSPS) is 26.4. The molecule has 1 amide bonds. The molecule has 1 aromatic rings. The molecule has 4 heterocycles. The summed E-state index contributed by atoms with van der Waals surface area (Å²) in [6.07, 6.45) is 12.1. The molecule has 2 N–H and O–H groups in total. The number of benzene rings is 1. The Balaban J connectivity index is 1.09. The third-order valence-corrected chi connectivity index (χ3v) is 8.93. The molecule has 38 heavy (non-hydrogen) atoms. The van der Waals surface area contributed by atoms with Gasteiger partial charge in [-0.25, -0.2) is 4.39 Å². The number of rotatable bonds is 8. The molecular weight excluding hydrogens is 479 g/mol. The van der Waals surface area contributed by atoms with E-state index in [9.17, 15) is 14.0 Å². The van der Waals surface area contributed by atoms with E-state index >= 15 is 0 Å². The van der Waals surface area contributed by atoms with Crippen molar-refractivity contribution in [3.8, 4) is 0 Å². The van der Waals surface area contributed by atoms with E-state index < -0.39 is 0 Å². The molecule has 6 rings (SSSR count). The Morgan fingerprint density at radius 3 is 2.74 bits per heavy atom. The minimum absolute atomic E-state index is 0.0961. The van der Waals surface area contributed by atoms with Gasteiger partial charge in [-0.3, -0.25) is 14.6 Å². The lowest BCUT2D eigenvalue weighted by atomic mass is 9.84. The standard InChI is InChI=1S/C31H39FN4O2/c1-19(14-30(37)28-17-23-16-27(20-4-5-20)34-13-10-26(23)35-28)2-3-22-15-21-6-7-24(32)18-29(21)36(31(22)38)25-8-11-33-12-9-25/h6-7,16-20,22,25-26,33-34H,2-5,8-15H2,1H3/t19?,22-,26?/m0/s1. The average Bonchev–Trinajstić information content (AvgIpc) is 3.71. The van der Waals surface area contributed by atoms with E-state index in [1.807, 2.05) is 17.0 Å². The fourth-order valence-corrected chi connectivity index (χ4v) is 6.57. The van der Waals surface area contributed by atoms with Crippen LogP contribution in [0.5, 0.6) is 0 Å². The van der Waals surface area contributed by atoms with Crippen molar-refractivity contribution in [2.24, 2.45) is 22.7 Å². The topological polar surface area (TPSA) is 73.8 Å². The summed E-state index contributed by atoms with van der Waals surface area (Å²) in [5.41, 5.74) is 4.91. The molecule has 5 aliphatic rings. The molecule has 0 radical (unpaired) electrons. The van der Waals surface area contributed by atoms with Crippen molar-refractivity contribution >= 4 is 23.1 Å². The van der Waals surface area contributed by atoms with Crippen LogP contribution in [-0.4, -0.2) is 49.1 Å². The number of Topliss-reactive ketones (excluding diaryl/α,β-unsaturated/α-hetero) is 1. The number of aliphatic imine (C=N–C) groups is 1. The lowest BCUT2D eigenvalue weighted by Gasteiger charge is -2.41. The number of carbonyl (C=O) groups excluding carboxylic acids is 2. The number of piperidine rings is 1. The van der Waals surface area contributed by atoms with Crippen LogP contribution in [0.15, 0.2) is 46.6 Å². The number of allylic oxidation sites excluding steroid dienone is 2. The number of amides is 1. The van der Waals surface area contributed by atoms with Crippen LogP contribution in [-0.2, 0) is 16.0 Å². The zero-order chi connectivity index (χ0) is 26.2. The van der Waals surface area contributed by atoms with E-state index in [1.54, 1.807) is 0 Å². The first-order valence-electron chi connectivity index (χ1n) is 14.6. The molecule has 2 unspecified atom stereocenters. The van der Waals surface area contributed by atoms with E-state index in [4.69, 9.17) is 4.99 Å². The summed E-state index contributed by atoms with van der Waals surface area (Å²) in [6, 6.07) is 5.08. The molecule has 1 saturated carbocycles. The van der Waals surface area contributed by atoms with E-state index in [-0.39, 0.29) is 41.4 Å². The number of hydrogen-bond acceptors (Lipinski definition) is 5. The third kappa shape index (κ3) is 5.35. The van der Waals surface area contributed by atoms with Gasteiger partial charge in [0.2, 0.25) is 5.91 Å².